The van der Waals surface area contributed by atoms with Gasteiger partial charge in [0.15, 0.2) is 0 Å². The number of aliphatic hydroxyl groups excluding tert-OH is 1. The zero-order chi connectivity index (χ0) is 20.6. The first-order valence-corrected chi connectivity index (χ1v) is 13.0. The Balaban J connectivity index is 1.60. The first kappa shape index (κ1) is 20.9. The number of thioether (sulfide) groups is 1. The lowest BCUT2D eigenvalue weighted by Gasteiger charge is -2.29. The van der Waals surface area contributed by atoms with Gasteiger partial charge in [-0.25, -0.2) is 8.42 Å². The first-order valence-electron chi connectivity index (χ1n) is 9.56. The zero-order valence-electron chi connectivity index (χ0n) is 16.1. The van der Waals surface area contributed by atoms with Crippen molar-refractivity contribution in [3.8, 4) is 0 Å². The fourth-order valence-electron chi connectivity index (χ4n) is 4.05. The highest BCUT2D eigenvalue weighted by atomic mass is 32.2. The highest BCUT2D eigenvalue weighted by Crippen LogP contribution is 2.42. The van der Waals surface area contributed by atoms with Crippen molar-refractivity contribution in [2.24, 2.45) is 0 Å². The molecular weight excluding hydrogens is 428 g/mol. The van der Waals surface area contributed by atoms with Gasteiger partial charge in [0.05, 0.1) is 6.04 Å². The Bertz CT molecular complexity index is 971. The topological polar surface area (TPSA) is 77.9 Å². The molecule has 6 nitrogen and oxygen atoms in total. The smallest absolute Gasteiger partial charge is 0.252 e. The van der Waals surface area contributed by atoms with Crippen LogP contribution < -0.4 is 0 Å². The fourth-order valence-corrected chi connectivity index (χ4v) is 8.13. The van der Waals surface area contributed by atoms with Crippen LogP contribution >= 0.6 is 23.1 Å². The largest absolute Gasteiger partial charge is 0.385 e. The number of thiophene rings is 1. The van der Waals surface area contributed by atoms with E-state index < -0.39 is 22.2 Å². The second kappa shape index (κ2) is 8.39. The molecule has 0 saturated carbocycles. The van der Waals surface area contributed by atoms with Gasteiger partial charge in [0.25, 0.3) is 10.0 Å². The molecule has 0 radical (unpaired) electrons. The van der Waals surface area contributed by atoms with Crippen LogP contribution in [0, 0.1) is 0 Å². The summed E-state index contributed by atoms with van der Waals surface area (Å²) in [7, 11) is -1.84. The van der Waals surface area contributed by atoms with Gasteiger partial charge in [-0.05, 0) is 17.7 Å². The molecule has 2 saturated heterocycles. The second-order valence-electron chi connectivity index (χ2n) is 7.33. The molecule has 4 rings (SSSR count). The van der Waals surface area contributed by atoms with Crippen LogP contribution in [0.4, 0.5) is 0 Å². The van der Waals surface area contributed by atoms with Crippen LogP contribution in [0.15, 0.2) is 46.7 Å². The van der Waals surface area contributed by atoms with Gasteiger partial charge in [-0.1, -0.05) is 30.3 Å². The van der Waals surface area contributed by atoms with Gasteiger partial charge in [-0.3, -0.25) is 4.79 Å². The van der Waals surface area contributed by atoms with Crippen LogP contribution in [0.3, 0.4) is 0 Å². The molecule has 1 amide bonds. The lowest BCUT2D eigenvalue weighted by Crippen LogP contribution is -2.37. The van der Waals surface area contributed by atoms with E-state index in [1.54, 1.807) is 35.8 Å². The van der Waals surface area contributed by atoms with Gasteiger partial charge in [-0.15, -0.1) is 11.3 Å². The van der Waals surface area contributed by atoms with E-state index in [0.717, 1.165) is 28.4 Å². The molecule has 9 heteroatoms. The summed E-state index contributed by atoms with van der Waals surface area (Å²) in [5, 5.41) is 11.1. The number of hydrogen-bond donors (Lipinski definition) is 1. The first-order chi connectivity index (χ1) is 13.9. The highest BCUT2D eigenvalue weighted by Gasteiger charge is 2.43. The predicted molar refractivity (Wildman–Crippen MR) is 116 cm³/mol. The van der Waals surface area contributed by atoms with Crippen molar-refractivity contribution in [3.05, 3.63) is 52.9 Å². The summed E-state index contributed by atoms with van der Waals surface area (Å²) in [6.07, 6.45) is -0.605. The number of likely N-dealkylation sites (tertiary alicyclic amines) is 1. The summed E-state index contributed by atoms with van der Waals surface area (Å²) >= 11 is 2.86. The maximum atomic E-state index is 12.9. The summed E-state index contributed by atoms with van der Waals surface area (Å²) < 4.78 is 27.6. The van der Waals surface area contributed by atoms with Crippen molar-refractivity contribution in [3.63, 3.8) is 0 Å². The third-order valence-corrected chi connectivity index (χ3v) is 10.1. The fraction of sp³-hybridized carbons (Fsp3) is 0.450. The van der Waals surface area contributed by atoms with Crippen LogP contribution in [0.1, 0.15) is 28.9 Å². The Kier molecular flexibility index (Phi) is 6.04. The van der Waals surface area contributed by atoms with Crippen molar-refractivity contribution in [2.45, 2.75) is 28.7 Å². The number of rotatable bonds is 5. The summed E-state index contributed by atoms with van der Waals surface area (Å²) in [5.74, 6) is 1.45. The highest BCUT2D eigenvalue weighted by molar-refractivity contribution is 7.99. The third-order valence-electron chi connectivity index (χ3n) is 5.66. The molecule has 1 aromatic heterocycles. The van der Waals surface area contributed by atoms with Gasteiger partial charge < -0.3 is 10.0 Å². The number of likely N-dealkylation sites (N-methyl/N-ethyl adjacent to an activating group) is 1. The monoisotopic (exact) mass is 452 g/mol. The molecule has 156 valence electrons. The lowest BCUT2D eigenvalue weighted by atomic mass is 9.88. The molecule has 0 bridgehead atoms. The van der Waals surface area contributed by atoms with Crippen molar-refractivity contribution in [1.29, 1.82) is 0 Å². The van der Waals surface area contributed by atoms with Crippen LogP contribution in [0.2, 0.25) is 0 Å². The van der Waals surface area contributed by atoms with Crippen molar-refractivity contribution < 1.29 is 18.3 Å². The Hall–Kier alpha value is -1.39. The number of aliphatic hydroxyl groups is 1. The van der Waals surface area contributed by atoms with E-state index in [2.05, 4.69) is 0 Å². The molecular formula is C20H24N2O4S3. The van der Waals surface area contributed by atoms with Crippen molar-refractivity contribution in [1.82, 2.24) is 9.21 Å². The summed E-state index contributed by atoms with van der Waals surface area (Å²) in [6, 6.07) is 12.5. The quantitative estimate of drug-likeness (QED) is 0.754. The molecule has 1 N–H and O–H groups in total. The van der Waals surface area contributed by atoms with E-state index in [4.69, 9.17) is 0 Å². The van der Waals surface area contributed by atoms with Gasteiger partial charge in [0, 0.05) is 48.9 Å². The third kappa shape index (κ3) is 3.98. The minimum atomic E-state index is -3.54. The summed E-state index contributed by atoms with van der Waals surface area (Å²) in [6.45, 7) is 1.03. The maximum Gasteiger partial charge on any atom is 0.252 e. The maximum absolute atomic E-state index is 12.9. The molecule has 0 aliphatic carbocycles. The molecule has 2 fully saturated rings. The van der Waals surface area contributed by atoms with Crippen molar-refractivity contribution in [2.75, 3.05) is 31.6 Å². The number of sulfonamides is 1. The predicted octanol–water partition coefficient (Wildman–Crippen LogP) is 2.53. The summed E-state index contributed by atoms with van der Waals surface area (Å²) in [5.41, 5.74) is 1.00. The van der Waals surface area contributed by atoms with E-state index in [-0.39, 0.29) is 16.0 Å². The Morgan fingerprint density at radius 3 is 2.48 bits per heavy atom. The SMILES string of the molecule is CN1C(=O)C[C@H](c2ccccc2)[C@@H]1[C@H](O)c1ccc(S(=O)(=O)N2CCSCC2)s1. The molecule has 3 heterocycles. The number of hydrogen-bond acceptors (Lipinski definition) is 6. The average Bonchev–Trinajstić information content (AvgIpc) is 3.35. The standard InChI is InChI=1S/C20H24N2O4S3/c1-21-17(23)13-15(14-5-3-2-4-6-14)19(21)20(24)16-7-8-18(28-16)29(25,26)22-9-11-27-12-10-22/h2-8,15,19-20,24H,9-13H2,1H3/t15-,19-,20-/m1/s1. The van der Waals surface area contributed by atoms with E-state index in [1.807, 2.05) is 30.3 Å². The molecule has 3 atom stereocenters. The number of carbonyl (C=O) groups is 1. The number of amides is 1. The Labute approximate surface area is 179 Å². The van der Waals surface area contributed by atoms with Crippen molar-refractivity contribution >= 4 is 39.0 Å². The van der Waals surface area contributed by atoms with Crippen LogP contribution in [0.5, 0.6) is 0 Å². The molecule has 2 aliphatic heterocycles. The van der Waals surface area contributed by atoms with Gasteiger partial charge in [-0.2, -0.15) is 16.1 Å². The Morgan fingerprint density at radius 1 is 1.10 bits per heavy atom. The van der Waals surface area contributed by atoms with E-state index >= 15 is 0 Å². The normalized spacial score (nSPS) is 24.8. The van der Waals surface area contributed by atoms with E-state index in [0.29, 0.717) is 24.4 Å². The molecule has 2 aliphatic rings. The van der Waals surface area contributed by atoms with Crippen LogP contribution in [-0.2, 0) is 14.8 Å². The number of benzene rings is 1. The second-order valence-corrected chi connectivity index (χ2v) is 11.8. The molecule has 0 spiro atoms. The zero-order valence-corrected chi connectivity index (χ0v) is 18.5. The minimum absolute atomic E-state index is 0.0156. The average molecular weight is 453 g/mol. The molecule has 0 unspecified atom stereocenters. The van der Waals surface area contributed by atoms with Gasteiger partial charge in [0.1, 0.15) is 10.3 Å². The molecule has 29 heavy (non-hydrogen) atoms. The van der Waals surface area contributed by atoms with Gasteiger partial charge in [0.2, 0.25) is 5.91 Å². The Morgan fingerprint density at radius 2 is 1.79 bits per heavy atom. The van der Waals surface area contributed by atoms with E-state index in [9.17, 15) is 18.3 Å². The molecule has 1 aromatic carbocycles. The number of carbonyl (C=O) groups excluding carboxylic acids is 1. The molecule has 2 aromatic rings. The van der Waals surface area contributed by atoms with E-state index in [1.165, 1.54) is 4.31 Å². The number of nitrogens with zero attached hydrogens (tertiary/aromatic N) is 2. The van der Waals surface area contributed by atoms with Crippen LogP contribution in [0.25, 0.3) is 0 Å². The van der Waals surface area contributed by atoms with Gasteiger partial charge >= 0.3 is 0 Å². The van der Waals surface area contributed by atoms with Crippen LogP contribution in [-0.4, -0.2) is 66.3 Å². The lowest BCUT2D eigenvalue weighted by molar-refractivity contribution is -0.128. The summed E-state index contributed by atoms with van der Waals surface area (Å²) in [4.78, 5) is 14.6. The minimum Gasteiger partial charge on any atom is -0.385 e.